The maximum atomic E-state index is 12.2. The van der Waals surface area contributed by atoms with Gasteiger partial charge in [-0.15, -0.1) is 0 Å². The minimum atomic E-state index is -3.61. The van der Waals surface area contributed by atoms with E-state index >= 15 is 0 Å². The number of carbonyl (C=O) groups excluding carboxylic acids is 1. The van der Waals surface area contributed by atoms with E-state index in [-0.39, 0.29) is 21.4 Å². The molecule has 1 aliphatic rings. The first kappa shape index (κ1) is 18.0. The van der Waals surface area contributed by atoms with E-state index in [4.69, 9.17) is 11.6 Å². The molecule has 0 aliphatic heterocycles. The van der Waals surface area contributed by atoms with Crippen molar-refractivity contribution in [2.45, 2.75) is 37.0 Å². The van der Waals surface area contributed by atoms with Gasteiger partial charge < -0.3 is 5.32 Å². The number of rotatable bonds is 6. The Morgan fingerprint density at radius 2 is 2.09 bits per heavy atom. The van der Waals surface area contributed by atoms with Gasteiger partial charge in [0.25, 0.3) is 5.91 Å². The second kappa shape index (κ2) is 7.95. The fourth-order valence-corrected chi connectivity index (χ4v) is 3.49. The number of benzene rings is 1. The summed E-state index contributed by atoms with van der Waals surface area (Å²) in [6.07, 6.45) is 7.69. The molecule has 0 radical (unpaired) electrons. The van der Waals surface area contributed by atoms with E-state index in [2.05, 4.69) is 16.1 Å². The summed E-state index contributed by atoms with van der Waals surface area (Å²) in [7, 11) is -2.29. The summed E-state index contributed by atoms with van der Waals surface area (Å²) in [5.74, 6) is -0.362. The Morgan fingerprint density at radius 1 is 1.30 bits per heavy atom. The van der Waals surface area contributed by atoms with Crippen LogP contribution in [-0.4, -0.2) is 27.9 Å². The monoisotopic (exact) mass is 356 g/mol. The molecule has 0 atom stereocenters. The van der Waals surface area contributed by atoms with Crippen LogP contribution in [0.1, 0.15) is 42.5 Å². The van der Waals surface area contributed by atoms with Crippen molar-refractivity contribution >= 4 is 27.5 Å². The summed E-state index contributed by atoms with van der Waals surface area (Å²) >= 11 is 6.02. The van der Waals surface area contributed by atoms with Crippen LogP contribution in [0.4, 0.5) is 0 Å². The van der Waals surface area contributed by atoms with Gasteiger partial charge in [-0.1, -0.05) is 23.3 Å². The van der Waals surface area contributed by atoms with Crippen LogP contribution < -0.4 is 10.0 Å². The highest BCUT2D eigenvalue weighted by Crippen LogP contribution is 2.21. The lowest BCUT2D eigenvalue weighted by Crippen LogP contribution is -2.26. The Balaban J connectivity index is 2.04. The molecule has 0 fully saturated rings. The van der Waals surface area contributed by atoms with E-state index in [9.17, 15) is 13.2 Å². The number of carbonyl (C=O) groups is 1. The summed E-state index contributed by atoms with van der Waals surface area (Å²) in [6.45, 7) is 0.518. The number of hydrogen-bond acceptors (Lipinski definition) is 3. The summed E-state index contributed by atoms with van der Waals surface area (Å²) < 4.78 is 25.8. The second-order valence-electron chi connectivity index (χ2n) is 5.46. The summed E-state index contributed by atoms with van der Waals surface area (Å²) in [5, 5.41) is 3.04. The van der Waals surface area contributed by atoms with E-state index in [1.54, 1.807) is 0 Å². The fraction of sp³-hybridized carbons (Fsp3) is 0.438. The van der Waals surface area contributed by atoms with E-state index < -0.39 is 10.0 Å². The number of amides is 1. The molecule has 126 valence electrons. The molecule has 1 aliphatic carbocycles. The number of nitrogens with one attached hydrogen (secondary N) is 2. The van der Waals surface area contributed by atoms with Crippen LogP contribution in [0.3, 0.4) is 0 Å². The minimum Gasteiger partial charge on any atom is -0.352 e. The second-order valence-corrected chi connectivity index (χ2v) is 7.76. The lowest BCUT2D eigenvalue weighted by molar-refractivity contribution is 0.0954. The third kappa shape index (κ3) is 4.80. The molecule has 0 saturated carbocycles. The molecule has 7 heteroatoms. The molecule has 1 aromatic carbocycles. The summed E-state index contributed by atoms with van der Waals surface area (Å²) in [6, 6.07) is 4.09. The Kier molecular flexibility index (Phi) is 6.21. The van der Waals surface area contributed by atoms with Gasteiger partial charge in [-0.25, -0.2) is 13.1 Å². The molecule has 0 bridgehead atoms. The van der Waals surface area contributed by atoms with Gasteiger partial charge in [0.05, 0.1) is 15.5 Å². The molecular weight excluding hydrogens is 336 g/mol. The highest BCUT2D eigenvalue weighted by Gasteiger charge is 2.17. The zero-order valence-corrected chi connectivity index (χ0v) is 14.6. The van der Waals surface area contributed by atoms with Gasteiger partial charge in [0, 0.05) is 6.54 Å². The quantitative estimate of drug-likeness (QED) is 0.769. The molecule has 0 unspecified atom stereocenters. The van der Waals surface area contributed by atoms with Crippen molar-refractivity contribution in [2.24, 2.45) is 0 Å². The molecule has 0 spiro atoms. The number of sulfonamides is 1. The number of hydrogen-bond donors (Lipinski definition) is 2. The molecule has 0 saturated heterocycles. The van der Waals surface area contributed by atoms with Gasteiger partial charge in [-0.05, 0) is 57.4 Å². The maximum Gasteiger partial charge on any atom is 0.252 e. The normalized spacial score (nSPS) is 15.1. The summed E-state index contributed by atoms with van der Waals surface area (Å²) in [5.41, 5.74) is 1.54. The van der Waals surface area contributed by atoms with E-state index in [0.717, 1.165) is 19.3 Å². The van der Waals surface area contributed by atoms with Crippen molar-refractivity contribution < 1.29 is 13.2 Å². The van der Waals surface area contributed by atoms with Crippen LogP contribution in [0.15, 0.2) is 34.7 Å². The predicted octanol–water partition coefficient (Wildman–Crippen LogP) is 2.87. The summed E-state index contributed by atoms with van der Waals surface area (Å²) in [4.78, 5) is 12.3. The van der Waals surface area contributed by atoms with Crippen LogP contribution >= 0.6 is 11.6 Å². The van der Waals surface area contributed by atoms with Crippen molar-refractivity contribution in [2.75, 3.05) is 13.6 Å². The first-order valence-corrected chi connectivity index (χ1v) is 9.49. The Morgan fingerprint density at radius 3 is 2.74 bits per heavy atom. The van der Waals surface area contributed by atoms with Gasteiger partial charge in [-0.2, -0.15) is 0 Å². The van der Waals surface area contributed by atoms with Gasteiger partial charge >= 0.3 is 0 Å². The topological polar surface area (TPSA) is 75.3 Å². The lowest BCUT2D eigenvalue weighted by Gasteiger charge is -2.13. The molecule has 1 aromatic rings. The zero-order chi connectivity index (χ0) is 16.9. The van der Waals surface area contributed by atoms with Crippen molar-refractivity contribution in [3.05, 3.63) is 40.4 Å². The molecule has 0 heterocycles. The SMILES string of the molecule is CNS(=O)(=O)c1ccc(Cl)c(C(=O)NCCC2=CCCCC2)c1. The predicted molar refractivity (Wildman–Crippen MR) is 91.2 cm³/mol. The Hall–Kier alpha value is -1.37. The zero-order valence-electron chi connectivity index (χ0n) is 13.1. The van der Waals surface area contributed by atoms with Crippen LogP contribution in [0.2, 0.25) is 5.02 Å². The van der Waals surface area contributed by atoms with Gasteiger partial charge in [0.2, 0.25) is 10.0 Å². The van der Waals surface area contributed by atoms with Crippen molar-refractivity contribution in [1.82, 2.24) is 10.0 Å². The molecule has 2 N–H and O–H groups in total. The molecule has 23 heavy (non-hydrogen) atoms. The van der Waals surface area contributed by atoms with Crippen LogP contribution in [0.5, 0.6) is 0 Å². The van der Waals surface area contributed by atoms with Gasteiger partial charge in [0.15, 0.2) is 0 Å². The van der Waals surface area contributed by atoms with E-state index in [1.807, 2.05) is 0 Å². The van der Waals surface area contributed by atoms with Crippen LogP contribution in [0, 0.1) is 0 Å². The average molecular weight is 357 g/mol. The largest absolute Gasteiger partial charge is 0.352 e. The Bertz CT molecular complexity index is 714. The molecule has 1 amide bonds. The molecule has 5 nitrogen and oxygen atoms in total. The molecule has 2 rings (SSSR count). The third-order valence-electron chi connectivity index (χ3n) is 3.88. The van der Waals surface area contributed by atoms with Crippen LogP contribution in [0.25, 0.3) is 0 Å². The minimum absolute atomic E-state index is 0.0181. The van der Waals surface area contributed by atoms with Crippen molar-refractivity contribution in [1.29, 1.82) is 0 Å². The number of allylic oxidation sites excluding steroid dienone is 1. The first-order valence-electron chi connectivity index (χ1n) is 7.63. The highest BCUT2D eigenvalue weighted by molar-refractivity contribution is 7.89. The third-order valence-corrected chi connectivity index (χ3v) is 5.62. The smallest absolute Gasteiger partial charge is 0.252 e. The Labute approximate surface area is 142 Å². The van der Waals surface area contributed by atoms with Crippen molar-refractivity contribution in [3.63, 3.8) is 0 Å². The fourth-order valence-electron chi connectivity index (χ4n) is 2.53. The van der Waals surface area contributed by atoms with E-state index in [0.29, 0.717) is 6.54 Å². The van der Waals surface area contributed by atoms with Gasteiger partial charge in [-0.3, -0.25) is 4.79 Å². The van der Waals surface area contributed by atoms with Crippen molar-refractivity contribution in [3.8, 4) is 0 Å². The highest BCUT2D eigenvalue weighted by atomic mass is 35.5. The lowest BCUT2D eigenvalue weighted by atomic mass is 9.97. The van der Waals surface area contributed by atoms with E-state index in [1.165, 1.54) is 43.7 Å². The average Bonchev–Trinajstić information content (AvgIpc) is 2.56. The maximum absolute atomic E-state index is 12.2. The molecular formula is C16H21ClN2O3S. The van der Waals surface area contributed by atoms with Gasteiger partial charge in [0.1, 0.15) is 0 Å². The molecule has 0 aromatic heterocycles. The van der Waals surface area contributed by atoms with Crippen LogP contribution in [-0.2, 0) is 10.0 Å². The number of halogens is 1. The standard InChI is InChI=1S/C16H21ClN2O3S/c1-18-23(21,22)13-7-8-15(17)14(11-13)16(20)19-10-9-12-5-3-2-4-6-12/h5,7-8,11,18H,2-4,6,9-10H2,1H3,(H,19,20). The first-order chi connectivity index (χ1) is 10.9.